The van der Waals surface area contributed by atoms with Gasteiger partial charge in [-0.05, 0) is 68.0 Å². The van der Waals surface area contributed by atoms with E-state index >= 15 is 0 Å². The molecule has 0 saturated carbocycles. The van der Waals surface area contributed by atoms with Crippen LogP contribution in [-0.2, 0) is 0 Å². The topological polar surface area (TPSA) is 13.0 Å². The Morgan fingerprint density at radius 1 is 0.550 bits per heavy atom. The Morgan fingerprint density at radius 3 is 1.25 bits per heavy atom. The predicted molar refractivity (Wildman–Crippen MR) is 88.4 cm³/mol. The summed E-state index contributed by atoms with van der Waals surface area (Å²) in [4.78, 5) is 9.97. The second kappa shape index (κ2) is 8.98. The Balaban J connectivity index is 2.55. The zero-order chi connectivity index (χ0) is 15.1. The first-order valence-corrected chi connectivity index (χ1v) is 8.17. The van der Waals surface area contributed by atoms with Gasteiger partial charge in [0.05, 0.1) is 0 Å². The molecule has 0 aromatic carbocycles. The van der Waals surface area contributed by atoms with Crippen molar-refractivity contribution in [3.8, 4) is 0 Å². The third kappa shape index (κ3) is 6.53. The lowest BCUT2D eigenvalue weighted by Crippen LogP contribution is -2.42. The largest absolute Gasteiger partial charge is 0.305 e. The van der Waals surface area contributed by atoms with Gasteiger partial charge < -0.3 is 19.6 Å². The van der Waals surface area contributed by atoms with E-state index in [1.165, 1.54) is 52.1 Å². The second-order valence-corrected chi connectivity index (χ2v) is 6.84. The van der Waals surface area contributed by atoms with Crippen molar-refractivity contribution in [1.82, 2.24) is 19.6 Å². The predicted octanol–water partition coefficient (Wildman–Crippen LogP) is 1.28. The molecule has 1 aliphatic heterocycles. The van der Waals surface area contributed by atoms with Gasteiger partial charge in [0.2, 0.25) is 0 Å². The van der Waals surface area contributed by atoms with Gasteiger partial charge in [0.1, 0.15) is 0 Å². The number of hydrogen-bond acceptors (Lipinski definition) is 4. The van der Waals surface area contributed by atoms with Crippen LogP contribution in [0.1, 0.15) is 26.7 Å². The van der Waals surface area contributed by atoms with Crippen molar-refractivity contribution in [3.05, 3.63) is 0 Å². The molecule has 2 atom stereocenters. The average Bonchev–Trinajstić information content (AvgIpc) is 2.43. The minimum absolute atomic E-state index is 0.672. The summed E-state index contributed by atoms with van der Waals surface area (Å²) >= 11 is 0. The molecule has 4 nitrogen and oxygen atoms in total. The summed E-state index contributed by atoms with van der Waals surface area (Å²) < 4.78 is 0. The number of nitrogens with zero attached hydrogens (tertiary/aromatic N) is 4. The smallest absolute Gasteiger partial charge is 0.0109 e. The van der Waals surface area contributed by atoms with E-state index in [4.69, 9.17) is 0 Å². The van der Waals surface area contributed by atoms with Crippen molar-refractivity contribution in [1.29, 1.82) is 0 Å². The lowest BCUT2D eigenvalue weighted by molar-refractivity contribution is 0.156. The normalized spacial score (nSPS) is 32.1. The molecule has 0 bridgehead atoms. The van der Waals surface area contributed by atoms with E-state index in [2.05, 4.69) is 61.6 Å². The molecule has 0 amide bonds. The first kappa shape index (κ1) is 17.9. The van der Waals surface area contributed by atoms with Crippen LogP contribution in [0.15, 0.2) is 0 Å². The second-order valence-electron chi connectivity index (χ2n) is 6.84. The van der Waals surface area contributed by atoms with Crippen molar-refractivity contribution in [3.63, 3.8) is 0 Å². The fraction of sp³-hybridized carbons (Fsp3) is 1.00. The maximum absolute atomic E-state index is 2.51. The molecule has 4 heteroatoms. The Labute approximate surface area is 126 Å². The summed E-state index contributed by atoms with van der Waals surface area (Å²) in [5.41, 5.74) is 0. The fourth-order valence-electron chi connectivity index (χ4n) is 2.58. The molecule has 20 heavy (non-hydrogen) atoms. The van der Waals surface area contributed by atoms with Crippen molar-refractivity contribution in [2.24, 2.45) is 0 Å². The maximum Gasteiger partial charge on any atom is 0.0109 e. The highest BCUT2D eigenvalue weighted by Crippen LogP contribution is 2.06. The minimum atomic E-state index is 0.672. The third-order valence-electron chi connectivity index (χ3n) is 5.03. The fourth-order valence-corrected chi connectivity index (χ4v) is 2.58. The van der Waals surface area contributed by atoms with Crippen molar-refractivity contribution >= 4 is 0 Å². The molecule has 0 aliphatic carbocycles. The van der Waals surface area contributed by atoms with Crippen molar-refractivity contribution < 1.29 is 0 Å². The van der Waals surface area contributed by atoms with Crippen LogP contribution in [0.3, 0.4) is 0 Å². The highest BCUT2D eigenvalue weighted by molar-refractivity contribution is 4.71. The maximum atomic E-state index is 2.51. The van der Waals surface area contributed by atoms with Crippen LogP contribution in [0.25, 0.3) is 0 Å². The van der Waals surface area contributed by atoms with Crippen LogP contribution in [0, 0.1) is 0 Å². The molecule has 1 rings (SSSR count). The molecule has 2 unspecified atom stereocenters. The summed E-state index contributed by atoms with van der Waals surface area (Å²) in [6.45, 7) is 11.8. The van der Waals surface area contributed by atoms with E-state index in [0.717, 1.165) is 0 Å². The van der Waals surface area contributed by atoms with Gasteiger partial charge in [0.25, 0.3) is 0 Å². The summed E-state index contributed by atoms with van der Waals surface area (Å²) in [5, 5.41) is 0. The Morgan fingerprint density at radius 2 is 0.900 bits per heavy atom. The monoisotopic (exact) mass is 284 g/mol. The first-order chi connectivity index (χ1) is 9.40. The van der Waals surface area contributed by atoms with Gasteiger partial charge in [-0.25, -0.2) is 0 Å². The van der Waals surface area contributed by atoms with Gasteiger partial charge in [-0.3, -0.25) is 0 Å². The minimum Gasteiger partial charge on any atom is -0.305 e. The van der Waals surface area contributed by atoms with Gasteiger partial charge in [-0.2, -0.15) is 0 Å². The zero-order valence-electron chi connectivity index (χ0n) is 14.6. The van der Waals surface area contributed by atoms with E-state index in [1.807, 2.05) is 0 Å². The van der Waals surface area contributed by atoms with Crippen molar-refractivity contribution in [2.45, 2.75) is 38.8 Å². The van der Waals surface area contributed by atoms with Crippen LogP contribution in [0.4, 0.5) is 0 Å². The zero-order valence-corrected chi connectivity index (χ0v) is 14.6. The molecule has 1 heterocycles. The van der Waals surface area contributed by atoms with E-state index in [-0.39, 0.29) is 0 Å². The van der Waals surface area contributed by atoms with E-state index in [1.54, 1.807) is 0 Å². The van der Waals surface area contributed by atoms with Gasteiger partial charge in [-0.15, -0.1) is 0 Å². The van der Waals surface area contributed by atoms with E-state index in [9.17, 15) is 0 Å². The van der Waals surface area contributed by atoms with Crippen LogP contribution in [0.2, 0.25) is 0 Å². The highest BCUT2D eigenvalue weighted by Gasteiger charge is 2.15. The summed E-state index contributed by atoms with van der Waals surface area (Å²) in [5.74, 6) is 0. The van der Waals surface area contributed by atoms with Crippen molar-refractivity contribution in [2.75, 3.05) is 67.5 Å². The van der Waals surface area contributed by atoms with Gasteiger partial charge >= 0.3 is 0 Å². The van der Waals surface area contributed by atoms with Gasteiger partial charge in [0.15, 0.2) is 0 Å². The standard InChI is InChI=1S/C16H36N4/c1-15-7-9-17(3)12-14-20(6)16(2)8-10-18(4)11-13-19(15)5/h15-16H,7-14H2,1-6H3. The van der Waals surface area contributed by atoms with Crippen LogP contribution in [0.5, 0.6) is 0 Å². The number of likely N-dealkylation sites (N-methyl/N-ethyl adjacent to an activating group) is 4. The van der Waals surface area contributed by atoms with Crippen LogP contribution in [-0.4, -0.2) is 99.1 Å². The van der Waals surface area contributed by atoms with Gasteiger partial charge in [-0.1, -0.05) is 0 Å². The van der Waals surface area contributed by atoms with Gasteiger partial charge in [0, 0.05) is 38.3 Å². The Bertz CT molecular complexity index is 209. The molecule has 0 aromatic heterocycles. The SMILES string of the molecule is CC1CCN(C)CCN(C)C(C)CCN(C)CCN1C. The Kier molecular flexibility index (Phi) is 8.03. The molecule has 1 saturated heterocycles. The summed E-state index contributed by atoms with van der Waals surface area (Å²) in [6, 6.07) is 1.34. The number of hydrogen-bond donors (Lipinski definition) is 0. The molecule has 0 spiro atoms. The van der Waals surface area contributed by atoms with Crippen LogP contribution < -0.4 is 0 Å². The average molecular weight is 284 g/mol. The molecule has 1 aliphatic rings. The number of rotatable bonds is 0. The molecule has 0 radical (unpaired) electrons. The molecule has 0 aromatic rings. The summed E-state index contributed by atoms with van der Waals surface area (Å²) in [6.07, 6.45) is 2.52. The van der Waals surface area contributed by atoms with E-state index in [0.29, 0.717) is 12.1 Å². The lowest BCUT2D eigenvalue weighted by Gasteiger charge is -2.32. The molecule has 0 N–H and O–H groups in total. The van der Waals surface area contributed by atoms with Crippen LogP contribution >= 0.6 is 0 Å². The summed E-state index contributed by atoms with van der Waals surface area (Å²) in [7, 11) is 9.04. The quantitative estimate of drug-likeness (QED) is 0.664. The van der Waals surface area contributed by atoms with E-state index < -0.39 is 0 Å². The molecular formula is C16H36N4. The lowest BCUT2D eigenvalue weighted by atomic mass is 10.1. The first-order valence-electron chi connectivity index (χ1n) is 8.17. The third-order valence-corrected chi connectivity index (χ3v) is 5.03. The molecule has 1 fully saturated rings. The molecular weight excluding hydrogens is 248 g/mol. The molecule has 120 valence electrons. The highest BCUT2D eigenvalue weighted by atomic mass is 15.2. The Hall–Kier alpha value is -0.160.